The maximum Gasteiger partial charge on any atom is 0.167 e. The Morgan fingerprint density at radius 1 is 1.40 bits per heavy atom. The van der Waals surface area contributed by atoms with E-state index in [2.05, 4.69) is 18.7 Å². The van der Waals surface area contributed by atoms with Gasteiger partial charge in [-0.3, -0.25) is 0 Å². The highest BCUT2D eigenvalue weighted by Crippen LogP contribution is 2.36. The predicted molar refractivity (Wildman–Crippen MR) is 81.8 cm³/mol. The summed E-state index contributed by atoms with van der Waals surface area (Å²) in [6, 6.07) is 3.47. The van der Waals surface area contributed by atoms with Crippen LogP contribution < -0.4 is 15.4 Å². The van der Waals surface area contributed by atoms with Crippen LogP contribution in [0.15, 0.2) is 12.1 Å². The Labute approximate surface area is 120 Å². The van der Waals surface area contributed by atoms with Crippen molar-refractivity contribution in [2.45, 2.75) is 46.1 Å². The van der Waals surface area contributed by atoms with Gasteiger partial charge in [0.05, 0.1) is 18.0 Å². The average molecular weight is 280 g/mol. The second-order valence-electron chi connectivity index (χ2n) is 5.88. The van der Waals surface area contributed by atoms with Crippen molar-refractivity contribution in [3.8, 4) is 5.75 Å². The molecular formula is C16H25FN2O. The molecule has 0 heterocycles. The van der Waals surface area contributed by atoms with Gasteiger partial charge in [0.25, 0.3) is 0 Å². The first-order valence-corrected chi connectivity index (χ1v) is 7.51. The molecule has 0 radical (unpaired) electrons. The number of benzene rings is 1. The number of anilines is 2. The minimum atomic E-state index is -0.380. The molecule has 4 heteroatoms. The summed E-state index contributed by atoms with van der Waals surface area (Å²) >= 11 is 0. The first kappa shape index (κ1) is 14.9. The lowest BCUT2D eigenvalue weighted by Gasteiger charge is -2.30. The van der Waals surface area contributed by atoms with Crippen LogP contribution in [-0.2, 0) is 0 Å². The molecule has 3 nitrogen and oxygen atoms in total. The van der Waals surface area contributed by atoms with E-state index >= 15 is 0 Å². The van der Waals surface area contributed by atoms with Crippen LogP contribution in [0.3, 0.4) is 0 Å². The molecule has 2 N–H and O–H groups in total. The fraction of sp³-hybridized carbons (Fsp3) is 0.625. The van der Waals surface area contributed by atoms with Gasteiger partial charge in [0.15, 0.2) is 11.6 Å². The minimum Gasteiger partial charge on any atom is -0.490 e. The van der Waals surface area contributed by atoms with E-state index in [1.165, 1.54) is 18.9 Å². The Kier molecular flexibility index (Phi) is 4.73. The zero-order chi connectivity index (χ0) is 14.7. The van der Waals surface area contributed by atoms with E-state index in [1.54, 1.807) is 6.07 Å². The molecule has 2 rings (SSSR count). The molecule has 1 saturated carbocycles. The van der Waals surface area contributed by atoms with Crippen molar-refractivity contribution >= 4 is 11.4 Å². The van der Waals surface area contributed by atoms with Gasteiger partial charge in [-0.1, -0.05) is 6.92 Å². The van der Waals surface area contributed by atoms with Crippen LogP contribution in [0.25, 0.3) is 0 Å². The van der Waals surface area contributed by atoms with Crippen LogP contribution in [0.4, 0.5) is 15.8 Å². The van der Waals surface area contributed by atoms with Crippen molar-refractivity contribution in [2.24, 2.45) is 5.92 Å². The van der Waals surface area contributed by atoms with Gasteiger partial charge in [-0.05, 0) is 39.0 Å². The number of hydrogen-bond donors (Lipinski definition) is 1. The van der Waals surface area contributed by atoms with Gasteiger partial charge in [0.2, 0.25) is 0 Å². The summed E-state index contributed by atoms with van der Waals surface area (Å²) < 4.78 is 19.3. The standard InChI is InChI=1S/C16H25FN2O/c1-4-7-20-16-9-15(14(18)8-13(16)17)19(11(2)3)10-12-5-6-12/h8-9,11-12H,4-7,10,18H2,1-3H3. The molecule has 0 spiro atoms. The van der Waals surface area contributed by atoms with Gasteiger partial charge in [-0.25, -0.2) is 4.39 Å². The topological polar surface area (TPSA) is 38.5 Å². The number of nitrogens with two attached hydrogens (primary N) is 1. The van der Waals surface area contributed by atoms with Crippen molar-refractivity contribution in [1.29, 1.82) is 0 Å². The molecule has 0 aromatic heterocycles. The summed E-state index contributed by atoms with van der Waals surface area (Å²) in [6.45, 7) is 7.78. The van der Waals surface area contributed by atoms with Gasteiger partial charge in [0, 0.05) is 24.7 Å². The molecule has 20 heavy (non-hydrogen) atoms. The summed E-state index contributed by atoms with van der Waals surface area (Å²) in [5.74, 6) is 0.675. The highest BCUT2D eigenvalue weighted by molar-refractivity contribution is 5.70. The molecule has 0 unspecified atom stereocenters. The highest BCUT2D eigenvalue weighted by Gasteiger charge is 2.27. The Hall–Kier alpha value is -1.45. The molecule has 1 aliphatic rings. The number of hydrogen-bond acceptors (Lipinski definition) is 3. The lowest BCUT2D eigenvalue weighted by Crippen LogP contribution is -2.33. The van der Waals surface area contributed by atoms with E-state index in [1.807, 2.05) is 6.92 Å². The smallest absolute Gasteiger partial charge is 0.167 e. The van der Waals surface area contributed by atoms with Crippen LogP contribution >= 0.6 is 0 Å². The lowest BCUT2D eigenvalue weighted by molar-refractivity contribution is 0.301. The van der Waals surface area contributed by atoms with Crippen LogP contribution in [0.1, 0.15) is 40.0 Å². The van der Waals surface area contributed by atoms with E-state index in [0.717, 1.165) is 24.6 Å². The second kappa shape index (κ2) is 6.33. The molecular weight excluding hydrogens is 255 g/mol. The maximum atomic E-state index is 13.9. The predicted octanol–water partition coefficient (Wildman–Crippen LogP) is 3.82. The molecule has 1 aromatic rings. The Morgan fingerprint density at radius 3 is 2.65 bits per heavy atom. The summed E-state index contributed by atoms with van der Waals surface area (Å²) in [4.78, 5) is 2.26. The van der Waals surface area contributed by atoms with Crippen LogP contribution in [-0.4, -0.2) is 19.2 Å². The first-order valence-electron chi connectivity index (χ1n) is 7.51. The normalized spacial score (nSPS) is 14.7. The Bertz CT molecular complexity index is 458. The third kappa shape index (κ3) is 3.56. The van der Waals surface area contributed by atoms with Gasteiger partial charge in [-0.2, -0.15) is 0 Å². The number of rotatable bonds is 7. The molecule has 1 aliphatic carbocycles. The molecule has 1 aromatic carbocycles. The highest BCUT2D eigenvalue weighted by atomic mass is 19.1. The van der Waals surface area contributed by atoms with Gasteiger partial charge >= 0.3 is 0 Å². The molecule has 112 valence electrons. The van der Waals surface area contributed by atoms with E-state index < -0.39 is 0 Å². The molecule has 1 fully saturated rings. The quantitative estimate of drug-likeness (QED) is 0.772. The maximum absolute atomic E-state index is 13.9. The number of nitrogen functional groups attached to an aromatic ring is 1. The van der Waals surface area contributed by atoms with Crippen molar-refractivity contribution in [2.75, 3.05) is 23.8 Å². The number of ether oxygens (including phenoxy) is 1. The SMILES string of the molecule is CCCOc1cc(N(CC2CC2)C(C)C)c(N)cc1F. The van der Waals surface area contributed by atoms with E-state index in [4.69, 9.17) is 10.5 Å². The summed E-state index contributed by atoms with van der Waals surface area (Å²) in [5.41, 5.74) is 7.39. The zero-order valence-corrected chi connectivity index (χ0v) is 12.7. The van der Waals surface area contributed by atoms with Crippen LogP contribution in [0.5, 0.6) is 5.75 Å². The fourth-order valence-electron chi connectivity index (χ4n) is 2.30. The van der Waals surface area contributed by atoms with Crippen molar-refractivity contribution in [3.05, 3.63) is 17.9 Å². The second-order valence-corrected chi connectivity index (χ2v) is 5.88. The minimum absolute atomic E-state index is 0.303. The van der Waals surface area contributed by atoms with Crippen LogP contribution in [0.2, 0.25) is 0 Å². The van der Waals surface area contributed by atoms with E-state index in [0.29, 0.717) is 24.1 Å². The van der Waals surface area contributed by atoms with Gasteiger partial charge < -0.3 is 15.4 Å². The molecule has 0 saturated heterocycles. The van der Waals surface area contributed by atoms with Gasteiger partial charge in [-0.15, -0.1) is 0 Å². The molecule has 0 atom stereocenters. The number of nitrogens with zero attached hydrogens (tertiary/aromatic N) is 1. The monoisotopic (exact) mass is 280 g/mol. The molecule has 0 bridgehead atoms. The third-order valence-corrected chi connectivity index (χ3v) is 3.63. The van der Waals surface area contributed by atoms with E-state index in [-0.39, 0.29) is 5.82 Å². The van der Waals surface area contributed by atoms with Crippen molar-refractivity contribution < 1.29 is 9.13 Å². The third-order valence-electron chi connectivity index (χ3n) is 3.63. The Morgan fingerprint density at radius 2 is 2.10 bits per heavy atom. The van der Waals surface area contributed by atoms with Crippen molar-refractivity contribution in [1.82, 2.24) is 0 Å². The largest absolute Gasteiger partial charge is 0.490 e. The lowest BCUT2D eigenvalue weighted by atomic mass is 10.1. The summed E-state index contributed by atoms with van der Waals surface area (Å²) in [5, 5.41) is 0. The average Bonchev–Trinajstić information content (AvgIpc) is 3.19. The number of halogens is 1. The van der Waals surface area contributed by atoms with E-state index in [9.17, 15) is 4.39 Å². The van der Waals surface area contributed by atoms with Gasteiger partial charge in [0.1, 0.15) is 0 Å². The zero-order valence-electron chi connectivity index (χ0n) is 12.7. The van der Waals surface area contributed by atoms with Crippen molar-refractivity contribution in [3.63, 3.8) is 0 Å². The molecule has 0 amide bonds. The first-order chi connectivity index (χ1) is 9.52. The molecule has 0 aliphatic heterocycles. The van der Waals surface area contributed by atoms with Crippen LogP contribution in [0, 0.1) is 11.7 Å². The Balaban J connectivity index is 2.26. The summed E-state index contributed by atoms with van der Waals surface area (Å²) in [7, 11) is 0. The fourth-order valence-corrected chi connectivity index (χ4v) is 2.30. The summed E-state index contributed by atoms with van der Waals surface area (Å²) in [6.07, 6.45) is 3.42.